The van der Waals surface area contributed by atoms with Gasteiger partial charge in [-0.15, -0.1) is 0 Å². The van der Waals surface area contributed by atoms with E-state index in [-0.39, 0.29) is 5.91 Å². The molecule has 0 bridgehead atoms. The summed E-state index contributed by atoms with van der Waals surface area (Å²) in [6, 6.07) is 5.58. The number of ether oxygens (including phenoxy) is 2. The average Bonchev–Trinajstić information content (AvgIpc) is 2.46. The lowest BCUT2D eigenvalue weighted by molar-refractivity contribution is -0.116. The van der Waals surface area contributed by atoms with Crippen LogP contribution in [0.15, 0.2) is 24.3 Å². The van der Waals surface area contributed by atoms with Crippen molar-refractivity contribution in [3.05, 3.63) is 29.8 Å². The first kappa shape index (κ1) is 16.1. The number of amides is 1. The summed E-state index contributed by atoms with van der Waals surface area (Å²) in [5.74, 6) is 1.30. The van der Waals surface area contributed by atoms with Crippen molar-refractivity contribution in [3.63, 3.8) is 0 Å². The van der Waals surface area contributed by atoms with E-state index in [2.05, 4.69) is 12.2 Å². The van der Waals surface area contributed by atoms with E-state index in [4.69, 9.17) is 9.47 Å². The van der Waals surface area contributed by atoms with Gasteiger partial charge in [0.1, 0.15) is 0 Å². The number of unbranched alkanes of at least 4 members (excludes halogenated alkanes) is 1. The number of nitrogens with one attached hydrogen (secondary N) is 1. The third-order valence-corrected chi connectivity index (χ3v) is 2.74. The lowest BCUT2D eigenvalue weighted by Gasteiger charge is -2.09. The summed E-state index contributed by atoms with van der Waals surface area (Å²) in [4.78, 5) is 11.6. The minimum atomic E-state index is -0.0775. The molecule has 0 aliphatic carbocycles. The molecule has 0 atom stereocenters. The van der Waals surface area contributed by atoms with Crippen molar-refractivity contribution in [2.24, 2.45) is 0 Å². The fourth-order valence-corrected chi connectivity index (χ4v) is 1.68. The molecule has 110 valence electrons. The van der Waals surface area contributed by atoms with Crippen LogP contribution in [0.25, 0.3) is 6.08 Å². The van der Waals surface area contributed by atoms with E-state index in [1.165, 1.54) is 6.08 Å². The van der Waals surface area contributed by atoms with Gasteiger partial charge in [0.2, 0.25) is 5.91 Å². The Hall–Kier alpha value is -1.97. The van der Waals surface area contributed by atoms with E-state index in [1.54, 1.807) is 13.2 Å². The number of methoxy groups -OCH3 is 1. The van der Waals surface area contributed by atoms with Crippen molar-refractivity contribution in [2.45, 2.75) is 26.7 Å². The Labute approximate surface area is 120 Å². The molecule has 4 nitrogen and oxygen atoms in total. The van der Waals surface area contributed by atoms with Gasteiger partial charge in [-0.2, -0.15) is 0 Å². The predicted molar refractivity (Wildman–Crippen MR) is 81.1 cm³/mol. The van der Waals surface area contributed by atoms with Gasteiger partial charge in [0.05, 0.1) is 13.7 Å². The molecule has 0 spiro atoms. The monoisotopic (exact) mass is 277 g/mol. The molecule has 1 aromatic carbocycles. The number of benzene rings is 1. The third-order valence-electron chi connectivity index (χ3n) is 2.74. The van der Waals surface area contributed by atoms with Crippen LogP contribution in [0.5, 0.6) is 11.5 Å². The zero-order valence-electron chi connectivity index (χ0n) is 12.4. The molecule has 0 aliphatic rings. The summed E-state index contributed by atoms with van der Waals surface area (Å²) < 4.78 is 10.7. The van der Waals surface area contributed by atoms with Crippen molar-refractivity contribution >= 4 is 12.0 Å². The summed E-state index contributed by atoms with van der Waals surface area (Å²) in [7, 11) is 1.60. The van der Waals surface area contributed by atoms with Crippen molar-refractivity contribution in [2.75, 3.05) is 20.3 Å². The second-order valence-corrected chi connectivity index (χ2v) is 4.32. The summed E-state index contributed by atoms with van der Waals surface area (Å²) in [6.45, 7) is 5.32. The maximum absolute atomic E-state index is 11.6. The molecule has 1 aromatic rings. The molecular weight excluding hydrogens is 254 g/mol. The van der Waals surface area contributed by atoms with Crippen LogP contribution < -0.4 is 14.8 Å². The smallest absolute Gasteiger partial charge is 0.243 e. The molecule has 0 unspecified atom stereocenters. The molecule has 0 aromatic heterocycles. The Kier molecular flexibility index (Phi) is 7.25. The van der Waals surface area contributed by atoms with Crippen molar-refractivity contribution in [1.29, 1.82) is 0 Å². The van der Waals surface area contributed by atoms with Crippen LogP contribution in [-0.4, -0.2) is 26.2 Å². The first-order valence-electron chi connectivity index (χ1n) is 6.98. The summed E-state index contributed by atoms with van der Waals surface area (Å²) in [5, 5.41) is 2.83. The molecule has 1 amide bonds. The number of carbonyl (C=O) groups is 1. The van der Waals surface area contributed by atoms with E-state index in [1.807, 2.05) is 25.1 Å². The summed E-state index contributed by atoms with van der Waals surface area (Å²) >= 11 is 0. The molecule has 4 heteroatoms. The van der Waals surface area contributed by atoms with Gasteiger partial charge < -0.3 is 14.8 Å². The van der Waals surface area contributed by atoms with Crippen molar-refractivity contribution in [3.8, 4) is 11.5 Å². The van der Waals surface area contributed by atoms with Gasteiger partial charge in [-0.25, -0.2) is 0 Å². The predicted octanol–water partition coefficient (Wildman–Crippen LogP) is 3.02. The fraction of sp³-hybridized carbons (Fsp3) is 0.438. The first-order chi connectivity index (χ1) is 9.71. The van der Waals surface area contributed by atoms with Gasteiger partial charge in [0.25, 0.3) is 0 Å². The van der Waals surface area contributed by atoms with E-state index in [9.17, 15) is 4.79 Å². The lowest BCUT2D eigenvalue weighted by Crippen LogP contribution is -2.21. The van der Waals surface area contributed by atoms with Crippen LogP contribution in [0.4, 0.5) is 0 Å². The van der Waals surface area contributed by atoms with Gasteiger partial charge in [-0.3, -0.25) is 4.79 Å². The number of hydrogen-bond donors (Lipinski definition) is 1. The Morgan fingerprint density at radius 2 is 2.10 bits per heavy atom. The van der Waals surface area contributed by atoms with Gasteiger partial charge in [-0.1, -0.05) is 19.4 Å². The molecule has 0 radical (unpaired) electrons. The van der Waals surface area contributed by atoms with Crippen LogP contribution >= 0.6 is 0 Å². The largest absolute Gasteiger partial charge is 0.493 e. The zero-order valence-corrected chi connectivity index (χ0v) is 12.4. The Bertz CT molecular complexity index is 455. The normalized spacial score (nSPS) is 10.6. The number of carbonyl (C=O) groups excluding carboxylic acids is 1. The Morgan fingerprint density at radius 1 is 1.30 bits per heavy atom. The molecule has 0 fully saturated rings. The SMILES string of the molecule is CCCCNC(=O)C=Cc1ccc(OCC)c(OC)c1. The summed E-state index contributed by atoms with van der Waals surface area (Å²) in [5.41, 5.74) is 0.899. The molecule has 1 rings (SSSR count). The fourth-order valence-electron chi connectivity index (χ4n) is 1.68. The molecule has 1 N–H and O–H groups in total. The molecule has 20 heavy (non-hydrogen) atoms. The van der Waals surface area contributed by atoms with Crippen LogP contribution in [0, 0.1) is 0 Å². The minimum Gasteiger partial charge on any atom is -0.493 e. The zero-order chi connectivity index (χ0) is 14.8. The van der Waals surface area contributed by atoms with E-state index < -0.39 is 0 Å². The standard InChI is InChI=1S/C16H23NO3/c1-4-6-11-17-16(18)10-8-13-7-9-14(20-5-2)15(12-13)19-3/h7-10,12H,4-6,11H2,1-3H3,(H,17,18). The van der Waals surface area contributed by atoms with Crippen LogP contribution in [0.3, 0.4) is 0 Å². The van der Waals surface area contributed by atoms with E-state index in [0.717, 1.165) is 18.4 Å². The molecule has 0 aliphatic heterocycles. The number of rotatable bonds is 8. The van der Waals surface area contributed by atoms with Gasteiger partial charge in [-0.05, 0) is 37.1 Å². The second-order valence-electron chi connectivity index (χ2n) is 4.32. The van der Waals surface area contributed by atoms with Crippen LogP contribution in [-0.2, 0) is 4.79 Å². The van der Waals surface area contributed by atoms with Crippen LogP contribution in [0.2, 0.25) is 0 Å². The highest BCUT2D eigenvalue weighted by atomic mass is 16.5. The van der Waals surface area contributed by atoms with E-state index in [0.29, 0.717) is 24.7 Å². The Balaban J connectivity index is 2.65. The minimum absolute atomic E-state index is 0.0775. The lowest BCUT2D eigenvalue weighted by atomic mass is 10.2. The third kappa shape index (κ3) is 5.34. The molecule has 0 saturated heterocycles. The molecular formula is C16H23NO3. The highest BCUT2D eigenvalue weighted by Crippen LogP contribution is 2.28. The highest BCUT2D eigenvalue weighted by Gasteiger charge is 2.04. The van der Waals surface area contributed by atoms with Crippen molar-refractivity contribution < 1.29 is 14.3 Å². The highest BCUT2D eigenvalue weighted by molar-refractivity contribution is 5.91. The summed E-state index contributed by atoms with van der Waals surface area (Å²) in [6.07, 6.45) is 5.36. The van der Waals surface area contributed by atoms with Gasteiger partial charge in [0, 0.05) is 12.6 Å². The maximum atomic E-state index is 11.6. The van der Waals surface area contributed by atoms with Gasteiger partial charge in [0.15, 0.2) is 11.5 Å². The van der Waals surface area contributed by atoms with Crippen LogP contribution in [0.1, 0.15) is 32.3 Å². The maximum Gasteiger partial charge on any atom is 0.243 e. The molecule has 0 heterocycles. The first-order valence-corrected chi connectivity index (χ1v) is 6.98. The average molecular weight is 277 g/mol. The van der Waals surface area contributed by atoms with E-state index >= 15 is 0 Å². The molecule has 0 saturated carbocycles. The quantitative estimate of drug-likeness (QED) is 0.587. The second kappa shape index (κ2) is 9.02. The van der Waals surface area contributed by atoms with Crippen molar-refractivity contribution in [1.82, 2.24) is 5.32 Å². The van der Waals surface area contributed by atoms with Gasteiger partial charge >= 0.3 is 0 Å². The number of hydrogen-bond acceptors (Lipinski definition) is 3. The topological polar surface area (TPSA) is 47.6 Å². The Morgan fingerprint density at radius 3 is 2.75 bits per heavy atom.